The number of nitrogens with one attached hydrogen (secondary N) is 1. The number of primary amides is 1. The van der Waals surface area contributed by atoms with Crippen LogP contribution in [-0.4, -0.2) is 65.8 Å². The van der Waals surface area contributed by atoms with Crippen molar-refractivity contribution in [3.63, 3.8) is 0 Å². The average molecular weight is 352 g/mol. The molecule has 0 aliphatic carbocycles. The van der Waals surface area contributed by atoms with E-state index in [9.17, 15) is 14.4 Å². The molecule has 2 aliphatic rings. The van der Waals surface area contributed by atoms with E-state index in [1.165, 1.54) is 0 Å². The minimum Gasteiger partial charge on any atom is -0.369 e. The molecule has 2 fully saturated rings. The first-order chi connectivity index (χ1) is 11.7. The van der Waals surface area contributed by atoms with Crippen molar-refractivity contribution in [2.45, 2.75) is 52.0 Å². The first-order valence-corrected chi connectivity index (χ1v) is 9.28. The molecule has 0 aromatic carbocycles. The molecule has 1 atom stereocenters. The van der Waals surface area contributed by atoms with E-state index in [4.69, 9.17) is 5.73 Å². The Morgan fingerprint density at radius 2 is 1.84 bits per heavy atom. The predicted octanol–water partition coefficient (Wildman–Crippen LogP) is 0.337. The fourth-order valence-corrected chi connectivity index (χ4v) is 3.63. The van der Waals surface area contributed by atoms with Gasteiger partial charge in [0.05, 0.1) is 5.92 Å². The summed E-state index contributed by atoms with van der Waals surface area (Å²) in [5.74, 6) is -0.375. The Kier molecular flexibility index (Phi) is 6.43. The monoisotopic (exact) mass is 352 g/mol. The molecule has 0 unspecified atom stereocenters. The fraction of sp³-hybridized carbons (Fsp3) is 0.833. The van der Waals surface area contributed by atoms with Crippen LogP contribution in [-0.2, 0) is 14.4 Å². The Morgan fingerprint density at radius 3 is 2.36 bits per heavy atom. The first kappa shape index (κ1) is 19.7. The van der Waals surface area contributed by atoms with Crippen LogP contribution in [0.4, 0.5) is 0 Å². The highest BCUT2D eigenvalue weighted by atomic mass is 16.2. The quantitative estimate of drug-likeness (QED) is 0.674. The third-order valence-electron chi connectivity index (χ3n) is 5.25. The van der Waals surface area contributed by atoms with E-state index in [-0.39, 0.29) is 35.1 Å². The molecule has 2 aliphatic heterocycles. The summed E-state index contributed by atoms with van der Waals surface area (Å²) in [6, 6.07) is 0. The van der Waals surface area contributed by atoms with Crippen molar-refractivity contribution in [1.29, 1.82) is 0 Å². The van der Waals surface area contributed by atoms with Gasteiger partial charge in [0.15, 0.2) is 0 Å². The van der Waals surface area contributed by atoms with Gasteiger partial charge in [0.25, 0.3) is 0 Å². The van der Waals surface area contributed by atoms with Gasteiger partial charge in [-0.3, -0.25) is 14.4 Å². The number of hydrogen-bond donors (Lipinski definition) is 2. The highest BCUT2D eigenvalue weighted by Gasteiger charge is 2.39. The summed E-state index contributed by atoms with van der Waals surface area (Å²) < 4.78 is 0. The Hall–Kier alpha value is -1.63. The van der Waals surface area contributed by atoms with Crippen LogP contribution in [0.5, 0.6) is 0 Å². The van der Waals surface area contributed by atoms with Gasteiger partial charge < -0.3 is 20.9 Å². The van der Waals surface area contributed by atoms with Crippen LogP contribution < -0.4 is 11.1 Å². The molecule has 0 bridgehead atoms. The Morgan fingerprint density at radius 1 is 1.20 bits per heavy atom. The van der Waals surface area contributed by atoms with Gasteiger partial charge in [0.1, 0.15) is 0 Å². The van der Waals surface area contributed by atoms with Crippen molar-refractivity contribution in [2.24, 2.45) is 17.6 Å². The summed E-state index contributed by atoms with van der Waals surface area (Å²) in [7, 11) is 0. The second-order valence-electron chi connectivity index (χ2n) is 8.24. The van der Waals surface area contributed by atoms with Gasteiger partial charge >= 0.3 is 0 Å². The highest BCUT2D eigenvalue weighted by Crippen LogP contribution is 2.25. The Bertz CT molecular complexity index is 507. The van der Waals surface area contributed by atoms with Gasteiger partial charge in [-0.25, -0.2) is 0 Å². The van der Waals surface area contributed by atoms with Crippen LogP contribution in [0.3, 0.4) is 0 Å². The number of rotatable bonds is 6. The average Bonchev–Trinajstić information content (AvgIpc) is 2.94. The van der Waals surface area contributed by atoms with Crippen LogP contribution in [0.15, 0.2) is 0 Å². The molecule has 0 radical (unpaired) electrons. The van der Waals surface area contributed by atoms with Crippen LogP contribution in [0.2, 0.25) is 0 Å². The summed E-state index contributed by atoms with van der Waals surface area (Å²) in [6.45, 7) is 9.79. The molecule has 3 N–H and O–H groups in total. The fourth-order valence-electron chi connectivity index (χ4n) is 3.63. The summed E-state index contributed by atoms with van der Waals surface area (Å²) >= 11 is 0. The maximum absolute atomic E-state index is 12.3. The molecule has 142 valence electrons. The zero-order valence-corrected chi connectivity index (χ0v) is 15.7. The predicted molar refractivity (Wildman–Crippen MR) is 95.6 cm³/mol. The Labute approximate surface area is 150 Å². The van der Waals surface area contributed by atoms with Crippen molar-refractivity contribution in [2.75, 3.05) is 32.7 Å². The smallest absolute Gasteiger partial charge is 0.225 e. The SMILES string of the molecule is CC(C)(C)N1C[C@H](C(=O)NCCCN2CCC(C(N)=O)CC2)CC1=O. The molecule has 0 aromatic heterocycles. The zero-order chi connectivity index (χ0) is 18.6. The minimum absolute atomic E-state index is 0.0154. The molecule has 2 heterocycles. The number of nitrogens with two attached hydrogens (primary N) is 1. The van der Waals surface area contributed by atoms with Gasteiger partial charge in [0.2, 0.25) is 17.7 Å². The van der Waals surface area contributed by atoms with E-state index < -0.39 is 0 Å². The van der Waals surface area contributed by atoms with Gasteiger partial charge in [0, 0.05) is 31.0 Å². The molecule has 3 amide bonds. The topological polar surface area (TPSA) is 95.7 Å². The Balaban J connectivity index is 1.63. The number of amides is 3. The normalized spacial score (nSPS) is 23.1. The molecular weight excluding hydrogens is 320 g/mol. The van der Waals surface area contributed by atoms with Crippen molar-refractivity contribution in [3.05, 3.63) is 0 Å². The van der Waals surface area contributed by atoms with Crippen molar-refractivity contribution >= 4 is 17.7 Å². The van der Waals surface area contributed by atoms with E-state index in [0.717, 1.165) is 38.9 Å². The second kappa shape index (κ2) is 8.17. The number of nitrogens with zero attached hydrogens (tertiary/aromatic N) is 2. The summed E-state index contributed by atoms with van der Waals surface area (Å²) in [4.78, 5) is 39.6. The van der Waals surface area contributed by atoms with E-state index in [1.54, 1.807) is 4.90 Å². The lowest BCUT2D eigenvalue weighted by atomic mass is 9.96. The number of hydrogen-bond acceptors (Lipinski definition) is 4. The lowest BCUT2D eigenvalue weighted by Crippen LogP contribution is -2.43. The van der Waals surface area contributed by atoms with E-state index in [2.05, 4.69) is 10.2 Å². The third kappa shape index (κ3) is 5.42. The van der Waals surface area contributed by atoms with Gasteiger partial charge in [-0.1, -0.05) is 0 Å². The maximum atomic E-state index is 12.3. The van der Waals surface area contributed by atoms with Crippen molar-refractivity contribution in [1.82, 2.24) is 15.1 Å². The summed E-state index contributed by atoms with van der Waals surface area (Å²) in [5, 5.41) is 2.97. The van der Waals surface area contributed by atoms with Crippen molar-refractivity contribution in [3.8, 4) is 0 Å². The van der Waals surface area contributed by atoms with E-state index in [0.29, 0.717) is 19.5 Å². The molecule has 7 nitrogen and oxygen atoms in total. The van der Waals surface area contributed by atoms with Gasteiger partial charge in [-0.15, -0.1) is 0 Å². The largest absolute Gasteiger partial charge is 0.369 e. The van der Waals surface area contributed by atoms with E-state index in [1.807, 2.05) is 20.8 Å². The molecule has 25 heavy (non-hydrogen) atoms. The maximum Gasteiger partial charge on any atom is 0.225 e. The number of likely N-dealkylation sites (tertiary alicyclic amines) is 2. The van der Waals surface area contributed by atoms with Crippen LogP contribution in [0.1, 0.15) is 46.5 Å². The van der Waals surface area contributed by atoms with Crippen molar-refractivity contribution < 1.29 is 14.4 Å². The molecule has 2 rings (SSSR count). The van der Waals surface area contributed by atoms with Crippen LogP contribution >= 0.6 is 0 Å². The first-order valence-electron chi connectivity index (χ1n) is 9.28. The number of carbonyl (C=O) groups is 3. The molecule has 0 saturated carbocycles. The minimum atomic E-state index is -0.238. The van der Waals surface area contributed by atoms with Gasteiger partial charge in [-0.05, 0) is 59.7 Å². The standard InChI is InChI=1S/C18H32N4O3/c1-18(2,3)22-12-14(11-15(22)23)17(25)20-7-4-8-21-9-5-13(6-10-21)16(19)24/h13-14H,4-12H2,1-3H3,(H2,19,24)(H,20,25)/t14-/m1/s1. The zero-order valence-electron chi connectivity index (χ0n) is 15.7. The van der Waals surface area contributed by atoms with Gasteiger partial charge in [-0.2, -0.15) is 0 Å². The molecule has 2 saturated heterocycles. The number of carbonyl (C=O) groups excluding carboxylic acids is 3. The molecule has 0 spiro atoms. The molecular formula is C18H32N4O3. The lowest BCUT2D eigenvalue weighted by molar-refractivity contribution is -0.132. The van der Waals surface area contributed by atoms with Crippen LogP contribution in [0.25, 0.3) is 0 Å². The highest BCUT2D eigenvalue weighted by molar-refractivity contribution is 5.89. The number of piperidine rings is 1. The molecule has 0 aromatic rings. The summed E-state index contributed by atoms with van der Waals surface area (Å²) in [5.41, 5.74) is 5.11. The summed E-state index contributed by atoms with van der Waals surface area (Å²) in [6.07, 6.45) is 2.84. The molecule has 7 heteroatoms. The third-order valence-corrected chi connectivity index (χ3v) is 5.25. The second-order valence-corrected chi connectivity index (χ2v) is 8.24. The lowest BCUT2D eigenvalue weighted by Gasteiger charge is -2.32. The van der Waals surface area contributed by atoms with Crippen LogP contribution in [0, 0.1) is 11.8 Å². The van der Waals surface area contributed by atoms with E-state index >= 15 is 0 Å².